The predicted molar refractivity (Wildman–Crippen MR) is 433 cm³/mol. The predicted octanol–water partition coefficient (Wildman–Crippen LogP) is 11.9. The number of nitriles is 1. The topological polar surface area (TPSA) is 374 Å². The summed E-state index contributed by atoms with van der Waals surface area (Å²) in [7, 11) is 1.85. The number of carboxylic acids is 2. The Morgan fingerprint density at radius 3 is 1.76 bits per heavy atom. The van der Waals surface area contributed by atoms with Crippen LogP contribution in [-0.4, -0.2) is 155 Å². The third-order valence-corrected chi connectivity index (χ3v) is 17.8. The number of Topliss-reactive ketones (excluding diaryl/α,β-unsaturated/α-hetero) is 3. The number of alkyl halides is 1. The van der Waals surface area contributed by atoms with Crippen molar-refractivity contribution in [1.29, 1.82) is 5.26 Å². The largest absolute Gasteiger partial charge is 1.00 e. The number of hydrogen-bond acceptors (Lipinski definition) is 19. The molecule has 112 heavy (non-hydrogen) atoms. The van der Waals surface area contributed by atoms with Gasteiger partial charge >= 0.3 is 36.8 Å². The molecule has 8 rings (SSSR count). The number of ketones is 3. The number of hydrogen-bond donors (Lipinski definition) is 6. The average Bonchev–Trinajstić information content (AvgIpc) is 0.887. The number of aldehydes is 2. The first-order chi connectivity index (χ1) is 53.1. The smallest absolute Gasteiger partial charge is 0.492 e. The fraction of sp³-hybridized carbons (Fsp3) is 0.442. The van der Waals surface area contributed by atoms with Gasteiger partial charge in [0.25, 0.3) is 0 Å². The van der Waals surface area contributed by atoms with Gasteiger partial charge in [-0.15, -0.1) is 0 Å². The van der Waals surface area contributed by atoms with Crippen molar-refractivity contribution in [3.05, 3.63) is 193 Å². The number of benzene rings is 6. The second-order valence-corrected chi connectivity index (χ2v) is 26.9. The summed E-state index contributed by atoms with van der Waals surface area (Å²) in [5, 5.41) is 29.4. The average molecular weight is 1610 g/mol. The molecular weight excluding hydrogens is 1490 g/mol. The van der Waals surface area contributed by atoms with Gasteiger partial charge in [0.1, 0.15) is 43.3 Å². The van der Waals surface area contributed by atoms with Crippen molar-refractivity contribution in [2.45, 2.75) is 164 Å². The molecule has 0 aliphatic carbocycles. The van der Waals surface area contributed by atoms with E-state index in [2.05, 4.69) is 46.8 Å². The summed E-state index contributed by atoms with van der Waals surface area (Å²) in [6.45, 7) is 20.6. The summed E-state index contributed by atoms with van der Waals surface area (Å²) in [6, 6.07) is 30.3. The van der Waals surface area contributed by atoms with Crippen LogP contribution < -0.4 is 50.9 Å². The number of carbonyl (C=O) groups is 10. The number of unbranched alkanes of at least 4 members (excludes halogenated alkanes) is 4. The standard InChI is InChI=1S/C49H66N6O8.C10H10O3.C9H8O3.C8H7BrO2.C4H8O.C4H9.CH3F.CH4.Li/c1-5-6-7-8-22-61-31-35-11-14-38(32(2)25-35)43(57)30-37(17-19-51)49(60)55(4)47-36-13-16-46(63-24-21-53)40(29-36)39-27-34(12-15-45(39)62-23-20-52)28-41(42(56)10-9-18-50)54-48(59)33(3)26-44(47)58;1-7-5-8(6-11)3-4-9(7)10(12)13-2;1-6-4-7(5-10)2-3-8(6)9(11)12;1-5-4-6(9)2-3-7(5)8(10)11;1-2-4-5-3-1;1-3-4-2;1-2;;/h11-16,25,27,29,33,37,41,47H,5-10,17,19-24,26,28,30-31,51-53H2,1-4H3,(H,54,59);3-6H,1-2H3;2-5H,1H3,(H,11,12);2-4H,1H3,(H,10,11);1-4H2;1,3-4H2,2H3;1H3;1H4;/q;;;;;-1;;;+1/t33-,37-,41+,47+;;;;;;;;/m1......../s1/i;;;;;;1D;;. The van der Waals surface area contributed by atoms with Crippen molar-refractivity contribution < 1.29 is 106 Å². The van der Waals surface area contributed by atoms with E-state index in [4.69, 9.17) is 47.7 Å². The van der Waals surface area contributed by atoms with E-state index >= 15 is 0 Å². The summed E-state index contributed by atoms with van der Waals surface area (Å²) < 4.78 is 44.0. The number of ether oxygens (including phenoxy) is 5. The molecule has 606 valence electrons. The zero-order chi connectivity index (χ0) is 83.0. The monoisotopic (exact) mass is 1610 g/mol. The van der Waals surface area contributed by atoms with Crippen molar-refractivity contribution in [1.82, 2.24) is 10.2 Å². The van der Waals surface area contributed by atoms with Gasteiger partial charge in [0, 0.05) is 110 Å². The van der Waals surface area contributed by atoms with Gasteiger partial charge in [0.15, 0.2) is 17.3 Å². The van der Waals surface area contributed by atoms with Crippen LogP contribution in [0.1, 0.15) is 220 Å². The zero-order valence-corrected chi connectivity index (χ0v) is 67.5. The second-order valence-electron chi connectivity index (χ2n) is 26.0. The first kappa shape index (κ1) is 101. The number of nitrogens with two attached hydrogens (primary N) is 3. The number of carbonyl (C=O) groups excluding carboxylic acids is 8. The summed E-state index contributed by atoms with van der Waals surface area (Å²) in [5.74, 6) is -5.09. The number of carboxylic acid groups (broad SMARTS) is 2. The minimum Gasteiger partial charge on any atom is -0.492 e. The number of methoxy groups -OCH3 is 1. The van der Waals surface area contributed by atoms with E-state index in [-0.39, 0.29) is 121 Å². The number of amides is 2. The third-order valence-electron chi connectivity index (χ3n) is 17.3. The van der Waals surface area contributed by atoms with Gasteiger partial charge in [-0.05, 0) is 172 Å². The number of nitrogens with zero attached hydrogens (tertiary/aromatic N) is 2. The second kappa shape index (κ2) is 57.9. The van der Waals surface area contributed by atoms with Crippen molar-refractivity contribution in [3.8, 4) is 28.7 Å². The maximum atomic E-state index is 14.7. The van der Waals surface area contributed by atoms with Crippen LogP contribution in [0.2, 0.25) is 0 Å². The molecule has 2 aliphatic rings. The molecule has 4 bridgehead atoms. The van der Waals surface area contributed by atoms with Crippen molar-refractivity contribution in [2.24, 2.45) is 29.0 Å². The Hall–Kier alpha value is -9.08. The van der Waals surface area contributed by atoms with Crippen molar-refractivity contribution in [3.63, 3.8) is 0 Å². The Kier molecular flexibility index (Phi) is 52.2. The molecule has 2 aliphatic heterocycles. The van der Waals surface area contributed by atoms with Gasteiger partial charge in [-0.3, -0.25) is 38.0 Å². The SMILES string of the molecule is C.C1CCOC1.CCCCCCOCc1ccc(C(=O)C[C@@H](CCN)C(=O)N(C)[C@@H]2C(=O)C[C@@H](C)C(=O)N[C@H](C(=O)CCC#N)Cc3ccc(OCCN)c(c3)-c3cc2ccc3OCCN)c(C)c1.COC(=O)c1ccc(C=O)cc1C.Cc1cc(Br)ccc1C(=O)O.Cc1cc(C=O)ccc1C(=O)O.[2H]CF.[CH2-]CCC.[Li+]. The number of aryl methyl sites for hydroxylation is 4. The van der Waals surface area contributed by atoms with Crippen LogP contribution in [0, 0.1) is 57.8 Å². The Morgan fingerprint density at radius 1 is 0.741 bits per heavy atom. The number of rotatable bonds is 29. The third kappa shape index (κ3) is 35.7. The van der Waals surface area contributed by atoms with E-state index in [1.807, 2.05) is 31.2 Å². The van der Waals surface area contributed by atoms with E-state index < -0.39 is 60.6 Å². The van der Waals surface area contributed by atoms with Crippen LogP contribution in [0.15, 0.2) is 114 Å². The quantitative estimate of drug-likeness (QED) is 0.00634. The number of nitrogens with one attached hydrogen (secondary N) is 1. The molecule has 9 N–H and O–H groups in total. The number of likely N-dealkylation sites (N-methyl/N-ethyl adjacent to an activating group) is 1. The minimum absolute atomic E-state index is 0. The van der Waals surface area contributed by atoms with E-state index in [1.165, 1.54) is 56.9 Å². The molecule has 26 heteroatoms. The van der Waals surface area contributed by atoms with Crippen LogP contribution >= 0.6 is 15.9 Å². The summed E-state index contributed by atoms with van der Waals surface area (Å²) in [6.07, 6.45) is 10.5. The maximum absolute atomic E-state index is 14.7. The molecule has 6 aromatic carbocycles. The van der Waals surface area contributed by atoms with E-state index in [0.29, 0.717) is 86.6 Å². The van der Waals surface area contributed by atoms with Crippen LogP contribution in [0.3, 0.4) is 0 Å². The number of fused-ring (bicyclic) bond motifs is 5. The van der Waals surface area contributed by atoms with Crippen molar-refractivity contribution >= 4 is 75.6 Å². The van der Waals surface area contributed by atoms with Gasteiger partial charge in [0.2, 0.25) is 11.8 Å². The van der Waals surface area contributed by atoms with Gasteiger partial charge in [-0.2, -0.15) is 11.7 Å². The van der Waals surface area contributed by atoms with E-state index in [1.54, 1.807) is 107 Å². The summed E-state index contributed by atoms with van der Waals surface area (Å²) in [5.41, 5.74) is 26.4. The molecule has 0 spiro atoms. The molecule has 1 saturated heterocycles. The fourth-order valence-corrected chi connectivity index (χ4v) is 11.9. The van der Waals surface area contributed by atoms with Crippen LogP contribution in [-0.2, 0) is 46.4 Å². The molecule has 2 amide bonds. The van der Waals surface area contributed by atoms with Gasteiger partial charge in [-0.25, -0.2) is 14.4 Å². The normalized spacial score (nSPS) is 14.1. The molecule has 4 atom stereocenters. The van der Waals surface area contributed by atoms with Crippen LogP contribution in [0.25, 0.3) is 11.1 Å². The van der Waals surface area contributed by atoms with Crippen molar-refractivity contribution in [2.75, 3.05) is 74.0 Å². The van der Waals surface area contributed by atoms with Gasteiger partial charge in [0.05, 0.1) is 51.0 Å². The maximum Gasteiger partial charge on any atom is 1.00 e. The Balaban J connectivity index is 0.00000198. The molecule has 0 unspecified atom stereocenters. The van der Waals surface area contributed by atoms with E-state index in [0.717, 1.165) is 71.9 Å². The summed E-state index contributed by atoms with van der Waals surface area (Å²) in [4.78, 5) is 125. The number of esters is 1. The van der Waals surface area contributed by atoms with Gasteiger partial charge < -0.3 is 68.2 Å². The first-order valence-corrected chi connectivity index (χ1v) is 37.4. The molecule has 6 aromatic rings. The minimum atomic E-state index is -1.21. The van der Waals surface area contributed by atoms with Gasteiger partial charge in [-0.1, -0.05) is 112 Å². The number of aromatic carboxylic acids is 2. The van der Waals surface area contributed by atoms with Crippen LogP contribution in [0.5, 0.6) is 11.5 Å². The fourth-order valence-electron chi connectivity index (χ4n) is 11.4. The molecule has 0 saturated carbocycles. The summed E-state index contributed by atoms with van der Waals surface area (Å²) >= 11 is 3.25. The van der Waals surface area contributed by atoms with E-state index in [9.17, 15) is 57.6 Å². The molecule has 2 heterocycles. The molecule has 0 radical (unpaired) electrons. The van der Waals surface area contributed by atoms with Crippen LogP contribution in [0.4, 0.5) is 4.39 Å². The Bertz CT molecular complexity index is 4020. The molecular formula is C86H115BrFLiN6O17. The number of halogens is 2. The Morgan fingerprint density at radius 2 is 1.28 bits per heavy atom. The zero-order valence-electron chi connectivity index (χ0n) is 66.9. The first-order valence-electron chi connectivity index (χ1n) is 37.3. The Labute approximate surface area is 682 Å². The molecule has 1 fully saturated rings. The molecule has 0 aromatic heterocycles. The molecule has 23 nitrogen and oxygen atoms in total.